The summed E-state index contributed by atoms with van der Waals surface area (Å²) in [6.45, 7) is 3.98. The SMILES string of the molecule is CN1CCN(c2ccc(N3C(=O)C(Sc4ccccc4)=C(c4ccccc4)C3=O)cc2)CC1. The van der Waals surface area contributed by atoms with E-state index in [1.807, 2.05) is 84.9 Å². The molecule has 0 radical (unpaired) electrons. The van der Waals surface area contributed by atoms with E-state index in [0.29, 0.717) is 16.2 Å². The Morgan fingerprint density at radius 1 is 0.667 bits per heavy atom. The second kappa shape index (κ2) is 9.25. The minimum Gasteiger partial charge on any atom is -0.369 e. The Hall–Kier alpha value is -3.35. The van der Waals surface area contributed by atoms with Gasteiger partial charge in [-0.05, 0) is 49.0 Å². The Labute approximate surface area is 198 Å². The number of rotatable bonds is 5. The zero-order valence-corrected chi connectivity index (χ0v) is 19.3. The number of anilines is 2. The Bertz CT molecular complexity index is 1190. The van der Waals surface area contributed by atoms with E-state index in [1.54, 1.807) is 0 Å². The molecule has 5 rings (SSSR count). The first-order chi connectivity index (χ1) is 16.1. The quantitative estimate of drug-likeness (QED) is 0.530. The van der Waals surface area contributed by atoms with E-state index >= 15 is 0 Å². The maximum atomic E-state index is 13.6. The number of carbonyl (C=O) groups is 2. The molecule has 2 aliphatic rings. The van der Waals surface area contributed by atoms with Crippen LogP contribution in [0.3, 0.4) is 0 Å². The van der Waals surface area contributed by atoms with Crippen LogP contribution < -0.4 is 9.80 Å². The van der Waals surface area contributed by atoms with Crippen LogP contribution in [-0.4, -0.2) is 49.9 Å². The molecule has 5 nitrogen and oxygen atoms in total. The van der Waals surface area contributed by atoms with Crippen LogP contribution in [0.1, 0.15) is 5.56 Å². The molecule has 33 heavy (non-hydrogen) atoms. The lowest BCUT2D eigenvalue weighted by atomic mass is 10.1. The van der Waals surface area contributed by atoms with E-state index in [2.05, 4.69) is 16.8 Å². The molecular formula is C27H25N3O2S. The highest BCUT2D eigenvalue weighted by Crippen LogP contribution is 2.41. The number of benzene rings is 3. The highest BCUT2D eigenvalue weighted by Gasteiger charge is 2.40. The van der Waals surface area contributed by atoms with Crippen molar-refractivity contribution >= 4 is 40.5 Å². The molecule has 0 bridgehead atoms. The molecule has 2 heterocycles. The number of hydrogen-bond acceptors (Lipinski definition) is 5. The number of likely N-dealkylation sites (N-methyl/N-ethyl adjacent to an activating group) is 1. The summed E-state index contributed by atoms with van der Waals surface area (Å²) in [7, 11) is 2.13. The van der Waals surface area contributed by atoms with Gasteiger partial charge < -0.3 is 9.80 Å². The lowest BCUT2D eigenvalue weighted by molar-refractivity contribution is -0.119. The highest BCUT2D eigenvalue weighted by molar-refractivity contribution is 8.04. The Morgan fingerprint density at radius 3 is 1.88 bits per heavy atom. The van der Waals surface area contributed by atoms with Crippen LogP contribution in [-0.2, 0) is 9.59 Å². The molecule has 0 atom stereocenters. The smallest absolute Gasteiger partial charge is 0.272 e. The minimum atomic E-state index is -0.281. The van der Waals surface area contributed by atoms with Crippen LogP contribution in [0.4, 0.5) is 11.4 Å². The molecule has 2 aliphatic heterocycles. The molecule has 3 aromatic carbocycles. The number of carbonyl (C=O) groups excluding carboxylic acids is 2. The van der Waals surface area contributed by atoms with E-state index in [-0.39, 0.29) is 11.8 Å². The molecule has 0 saturated carbocycles. The molecule has 1 fully saturated rings. The third kappa shape index (κ3) is 4.32. The van der Waals surface area contributed by atoms with Crippen molar-refractivity contribution in [1.29, 1.82) is 0 Å². The van der Waals surface area contributed by atoms with Gasteiger partial charge in [0.2, 0.25) is 0 Å². The van der Waals surface area contributed by atoms with Crippen LogP contribution in [0.5, 0.6) is 0 Å². The molecule has 0 N–H and O–H groups in total. The molecule has 166 valence electrons. The van der Waals surface area contributed by atoms with E-state index in [9.17, 15) is 9.59 Å². The molecule has 1 saturated heterocycles. The van der Waals surface area contributed by atoms with Gasteiger partial charge in [-0.15, -0.1) is 0 Å². The number of nitrogens with zero attached hydrogens (tertiary/aromatic N) is 3. The summed E-state index contributed by atoms with van der Waals surface area (Å²) in [5.74, 6) is -0.558. The van der Waals surface area contributed by atoms with Gasteiger partial charge in [0.05, 0.1) is 16.2 Å². The predicted octanol–water partition coefficient (Wildman–Crippen LogP) is 4.52. The normalized spacial score (nSPS) is 17.2. The van der Waals surface area contributed by atoms with Gasteiger partial charge in [0, 0.05) is 36.8 Å². The number of thioether (sulfide) groups is 1. The standard InChI is InChI=1S/C27H25N3O2S/c1-28-16-18-29(19-17-28)21-12-14-22(15-13-21)30-26(31)24(20-8-4-2-5-9-20)25(27(30)32)33-23-10-6-3-7-11-23/h2-15H,16-19H2,1H3. The zero-order chi connectivity index (χ0) is 22.8. The van der Waals surface area contributed by atoms with E-state index in [4.69, 9.17) is 0 Å². The molecule has 3 aromatic rings. The largest absolute Gasteiger partial charge is 0.369 e. The van der Waals surface area contributed by atoms with Crippen molar-refractivity contribution < 1.29 is 9.59 Å². The summed E-state index contributed by atoms with van der Waals surface area (Å²) in [5, 5.41) is 0. The summed E-state index contributed by atoms with van der Waals surface area (Å²) < 4.78 is 0. The van der Waals surface area contributed by atoms with Crippen LogP contribution in [0, 0.1) is 0 Å². The monoisotopic (exact) mass is 455 g/mol. The minimum absolute atomic E-state index is 0.278. The van der Waals surface area contributed by atoms with E-state index < -0.39 is 0 Å². The molecule has 0 unspecified atom stereocenters. The Morgan fingerprint density at radius 2 is 1.24 bits per heavy atom. The average molecular weight is 456 g/mol. The van der Waals surface area contributed by atoms with Crippen molar-refractivity contribution in [3.05, 3.63) is 95.4 Å². The van der Waals surface area contributed by atoms with Gasteiger partial charge in [-0.1, -0.05) is 60.3 Å². The van der Waals surface area contributed by atoms with Gasteiger partial charge in [0.15, 0.2) is 0 Å². The second-order valence-corrected chi connectivity index (χ2v) is 9.32. The van der Waals surface area contributed by atoms with Gasteiger partial charge in [0.25, 0.3) is 11.8 Å². The van der Waals surface area contributed by atoms with Crippen molar-refractivity contribution in [2.45, 2.75) is 4.90 Å². The fourth-order valence-corrected chi connectivity index (χ4v) is 5.20. The highest BCUT2D eigenvalue weighted by atomic mass is 32.2. The maximum absolute atomic E-state index is 13.6. The summed E-state index contributed by atoms with van der Waals surface area (Å²) in [5.41, 5.74) is 2.92. The summed E-state index contributed by atoms with van der Waals surface area (Å²) in [6.07, 6.45) is 0. The van der Waals surface area contributed by atoms with Gasteiger partial charge in [-0.25, -0.2) is 4.90 Å². The van der Waals surface area contributed by atoms with Crippen molar-refractivity contribution in [2.24, 2.45) is 0 Å². The van der Waals surface area contributed by atoms with Crippen LogP contribution >= 0.6 is 11.8 Å². The van der Waals surface area contributed by atoms with Gasteiger partial charge in [-0.3, -0.25) is 9.59 Å². The average Bonchev–Trinajstić information content (AvgIpc) is 3.10. The van der Waals surface area contributed by atoms with Gasteiger partial charge >= 0.3 is 0 Å². The second-order valence-electron chi connectivity index (χ2n) is 8.24. The Kier molecular flexibility index (Phi) is 6.03. The van der Waals surface area contributed by atoms with E-state index in [1.165, 1.54) is 16.7 Å². The number of imide groups is 1. The van der Waals surface area contributed by atoms with Crippen molar-refractivity contribution in [1.82, 2.24) is 4.90 Å². The van der Waals surface area contributed by atoms with Crippen molar-refractivity contribution in [3.63, 3.8) is 0 Å². The van der Waals surface area contributed by atoms with Crippen LogP contribution in [0.2, 0.25) is 0 Å². The lowest BCUT2D eigenvalue weighted by Gasteiger charge is -2.34. The Balaban J connectivity index is 1.46. The third-order valence-corrected chi connectivity index (χ3v) is 7.13. The molecule has 2 amide bonds. The molecule has 6 heteroatoms. The molecule has 0 aliphatic carbocycles. The number of amides is 2. The molecular weight excluding hydrogens is 430 g/mol. The fraction of sp³-hybridized carbons (Fsp3) is 0.185. The summed E-state index contributed by atoms with van der Waals surface area (Å²) in [4.78, 5) is 34.4. The first-order valence-electron chi connectivity index (χ1n) is 11.1. The topological polar surface area (TPSA) is 43.9 Å². The molecule has 0 aromatic heterocycles. The summed E-state index contributed by atoms with van der Waals surface area (Å²) >= 11 is 1.35. The predicted molar refractivity (Wildman–Crippen MR) is 134 cm³/mol. The zero-order valence-electron chi connectivity index (χ0n) is 18.5. The van der Waals surface area contributed by atoms with Gasteiger partial charge in [-0.2, -0.15) is 0 Å². The first-order valence-corrected chi connectivity index (χ1v) is 11.9. The van der Waals surface area contributed by atoms with Crippen molar-refractivity contribution in [3.8, 4) is 0 Å². The number of piperazine rings is 1. The van der Waals surface area contributed by atoms with Crippen LogP contribution in [0.25, 0.3) is 5.57 Å². The lowest BCUT2D eigenvalue weighted by Crippen LogP contribution is -2.44. The molecule has 0 spiro atoms. The maximum Gasteiger partial charge on any atom is 0.272 e. The van der Waals surface area contributed by atoms with Crippen molar-refractivity contribution in [2.75, 3.05) is 43.0 Å². The van der Waals surface area contributed by atoms with Crippen LogP contribution in [0.15, 0.2) is 94.7 Å². The summed E-state index contributed by atoms with van der Waals surface area (Å²) in [6, 6.07) is 26.9. The van der Waals surface area contributed by atoms with Gasteiger partial charge in [0.1, 0.15) is 0 Å². The fourth-order valence-electron chi connectivity index (χ4n) is 4.18. The third-order valence-electron chi connectivity index (χ3n) is 6.04. The first kappa shape index (κ1) is 21.5. The van der Waals surface area contributed by atoms with E-state index in [0.717, 1.165) is 42.3 Å². The number of hydrogen-bond donors (Lipinski definition) is 0.